The van der Waals surface area contributed by atoms with E-state index in [4.69, 9.17) is 23.2 Å². The normalized spacial score (nSPS) is 20.9. The maximum absolute atomic E-state index is 14.2. The number of likely N-dealkylation sites (tertiary alicyclic amines) is 1. The number of aromatic nitrogens is 2. The Balaban J connectivity index is 1.50. The highest BCUT2D eigenvalue weighted by Crippen LogP contribution is 2.43. The van der Waals surface area contributed by atoms with E-state index in [1.54, 1.807) is 41.5 Å². The van der Waals surface area contributed by atoms with Crippen molar-refractivity contribution in [1.29, 1.82) is 5.26 Å². The second kappa shape index (κ2) is 11.5. The summed E-state index contributed by atoms with van der Waals surface area (Å²) in [6.07, 6.45) is 3.16. The second-order valence-corrected chi connectivity index (χ2v) is 12.4. The Kier molecular flexibility index (Phi) is 8.15. The summed E-state index contributed by atoms with van der Waals surface area (Å²) in [5.74, 6) is -1.09. The molecule has 2 aliphatic heterocycles. The number of amides is 3. The van der Waals surface area contributed by atoms with Crippen LogP contribution in [0.1, 0.15) is 42.7 Å². The number of fused-ring (bicyclic) bond motifs is 1. The van der Waals surface area contributed by atoms with Crippen molar-refractivity contribution in [3.8, 4) is 6.07 Å². The lowest BCUT2D eigenvalue weighted by molar-refractivity contribution is -0.134. The molecule has 41 heavy (non-hydrogen) atoms. The Morgan fingerprint density at radius 3 is 2.56 bits per heavy atom. The summed E-state index contributed by atoms with van der Waals surface area (Å²) < 4.78 is 2.52. The van der Waals surface area contributed by atoms with Crippen LogP contribution in [0.2, 0.25) is 10.0 Å². The van der Waals surface area contributed by atoms with Crippen molar-refractivity contribution in [1.82, 2.24) is 19.8 Å². The first-order valence-electron chi connectivity index (χ1n) is 13.1. The Bertz CT molecular complexity index is 1550. The quantitative estimate of drug-likeness (QED) is 0.378. The Hall–Kier alpha value is -3.39. The SMILES string of the molecule is C[C@@H](NC(=O)c1cnc2n1[C@](C)(Cc1ccc(Br)cc1)C(=O)N2c1cc(Cl)cc(Cl)c1)C(=O)N1CCC[C@@H](C#N)C1. The minimum Gasteiger partial charge on any atom is -0.340 e. The van der Waals surface area contributed by atoms with Crippen molar-refractivity contribution in [3.05, 3.63) is 74.4 Å². The van der Waals surface area contributed by atoms with Crippen LogP contribution in [-0.4, -0.2) is 51.3 Å². The van der Waals surface area contributed by atoms with E-state index in [9.17, 15) is 19.6 Å². The topological polar surface area (TPSA) is 111 Å². The van der Waals surface area contributed by atoms with Gasteiger partial charge in [-0.25, -0.2) is 9.88 Å². The molecule has 2 aliphatic rings. The monoisotopic (exact) mass is 656 g/mol. The number of rotatable bonds is 6. The zero-order valence-corrected chi connectivity index (χ0v) is 25.5. The van der Waals surface area contributed by atoms with Gasteiger partial charge in [0, 0.05) is 34.0 Å². The zero-order valence-electron chi connectivity index (χ0n) is 22.4. The number of benzene rings is 2. The molecular weight excluding hydrogens is 631 g/mol. The molecule has 1 fully saturated rings. The number of carbonyl (C=O) groups is 3. The predicted octanol–water partition coefficient (Wildman–Crippen LogP) is 5.47. The van der Waals surface area contributed by atoms with Crippen molar-refractivity contribution in [2.45, 2.75) is 44.7 Å². The first-order valence-corrected chi connectivity index (χ1v) is 14.7. The second-order valence-electron chi connectivity index (χ2n) is 10.6. The smallest absolute Gasteiger partial charge is 0.270 e. The number of anilines is 2. The van der Waals surface area contributed by atoms with Gasteiger partial charge in [0.25, 0.3) is 11.8 Å². The van der Waals surface area contributed by atoms with Crippen LogP contribution in [0.15, 0.2) is 53.1 Å². The van der Waals surface area contributed by atoms with E-state index in [1.807, 2.05) is 24.3 Å². The Labute approximate surface area is 256 Å². The molecule has 5 rings (SSSR count). The lowest BCUT2D eigenvalue weighted by atomic mass is 9.91. The molecule has 0 spiro atoms. The molecule has 3 amide bonds. The number of piperidine rings is 1. The summed E-state index contributed by atoms with van der Waals surface area (Å²) in [6, 6.07) is 13.8. The van der Waals surface area contributed by atoms with Crippen LogP contribution >= 0.6 is 39.1 Å². The number of nitriles is 1. The summed E-state index contributed by atoms with van der Waals surface area (Å²) in [6.45, 7) is 4.25. The molecule has 0 aliphatic carbocycles. The molecule has 3 atom stereocenters. The number of hydrogen-bond acceptors (Lipinski definition) is 5. The van der Waals surface area contributed by atoms with E-state index in [0.717, 1.165) is 22.9 Å². The standard InChI is InChI=1S/C29H27BrCl2N6O3/c1-17(26(40)36-9-3-4-19(14-33)16-36)35-25(39)24-15-34-28-37(23-11-21(31)10-22(32)12-23)27(41)29(2,38(24)28)13-18-5-7-20(30)8-6-18/h5-8,10-12,15,17,19H,3-4,9,13,16H2,1-2H3,(H,35,39)/t17-,19+,29-/m1/s1. The molecule has 3 aromatic rings. The van der Waals surface area contributed by atoms with E-state index < -0.39 is 17.5 Å². The van der Waals surface area contributed by atoms with E-state index in [0.29, 0.717) is 28.8 Å². The highest BCUT2D eigenvalue weighted by Gasteiger charge is 2.51. The molecule has 212 valence electrons. The Morgan fingerprint density at radius 2 is 1.90 bits per heavy atom. The van der Waals surface area contributed by atoms with Gasteiger partial charge in [0.05, 0.1) is 23.9 Å². The number of halogens is 3. The largest absolute Gasteiger partial charge is 0.340 e. The highest BCUT2D eigenvalue weighted by atomic mass is 79.9. The van der Waals surface area contributed by atoms with Crippen LogP contribution in [0.25, 0.3) is 0 Å². The molecule has 1 saturated heterocycles. The van der Waals surface area contributed by atoms with Crippen LogP contribution in [0.5, 0.6) is 0 Å². The van der Waals surface area contributed by atoms with Crippen LogP contribution in [0.4, 0.5) is 11.6 Å². The molecule has 2 aromatic carbocycles. The average molecular weight is 658 g/mol. The highest BCUT2D eigenvalue weighted by molar-refractivity contribution is 9.10. The molecule has 9 nitrogen and oxygen atoms in total. The van der Waals surface area contributed by atoms with Gasteiger partial charge in [-0.1, -0.05) is 51.3 Å². The van der Waals surface area contributed by atoms with Crippen molar-refractivity contribution in [3.63, 3.8) is 0 Å². The molecule has 0 bridgehead atoms. The van der Waals surface area contributed by atoms with Crippen molar-refractivity contribution in [2.24, 2.45) is 5.92 Å². The number of nitrogens with zero attached hydrogens (tertiary/aromatic N) is 5. The van der Waals surface area contributed by atoms with Gasteiger partial charge < -0.3 is 10.2 Å². The van der Waals surface area contributed by atoms with Gasteiger partial charge in [-0.2, -0.15) is 5.26 Å². The molecule has 0 radical (unpaired) electrons. The average Bonchev–Trinajstić information content (AvgIpc) is 3.46. The Morgan fingerprint density at radius 1 is 1.22 bits per heavy atom. The minimum absolute atomic E-state index is 0.136. The summed E-state index contributed by atoms with van der Waals surface area (Å²) in [7, 11) is 0. The van der Waals surface area contributed by atoms with E-state index in [2.05, 4.69) is 32.3 Å². The number of nitrogens with one attached hydrogen (secondary N) is 1. The van der Waals surface area contributed by atoms with Gasteiger partial charge >= 0.3 is 0 Å². The van der Waals surface area contributed by atoms with Gasteiger partial charge in [-0.05, 0) is 62.6 Å². The molecule has 3 heterocycles. The van der Waals surface area contributed by atoms with E-state index in [-0.39, 0.29) is 35.8 Å². The lowest BCUT2D eigenvalue weighted by Crippen LogP contribution is -2.50. The third kappa shape index (κ3) is 5.59. The maximum Gasteiger partial charge on any atom is 0.270 e. The lowest BCUT2D eigenvalue weighted by Gasteiger charge is -2.32. The fourth-order valence-corrected chi connectivity index (χ4v) is 6.30. The minimum atomic E-state index is -1.23. The van der Waals surface area contributed by atoms with Crippen molar-refractivity contribution >= 4 is 68.5 Å². The molecular formula is C29H27BrCl2N6O3. The fourth-order valence-electron chi connectivity index (χ4n) is 5.52. The summed E-state index contributed by atoms with van der Waals surface area (Å²) >= 11 is 16.0. The summed E-state index contributed by atoms with van der Waals surface area (Å²) in [4.78, 5) is 48.5. The van der Waals surface area contributed by atoms with Crippen molar-refractivity contribution < 1.29 is 14.4 Å². The van der Waals surface area contributed by atoms with Crippen LogP contribution in [0, 0.1) is 17.2 Å². The molecule has 1 N–H and O–H groups in total. The van der Waals surface area contributed by atoms with Crippen LogP contribution in [0.3, 0.4) is 0 Å². The zero-order chi connectivity index (χ0) is 29.5. The molecule has 12 heteroatoms. The fraction of sp³-hybridized carbons (Fsp3) is 0.345. The number of hydrogen-bond donors (Lipinski definition) is 1. The first kappa shape index (κ1) is 29.1. The first-order chi connectivity index (χ1) is 19.5. The molecule has 0 unspecified atom stereocenters. The van der Waals surface area contributed by atoms with Gasteiger partial charge in [-0.3, -0.25) is 19.0 Å². The van der Waals surface area contributed by atoms with E-state index in [1.165, 1.54) is 11.1 Å². The van der Waals surface area contributed by atoms with Gasteiger partial charge in [0.2, 0.25) is 11.9 Å². The third-order valence-electron chi connectivity index (χ3n) is 7.53. The maximum atomic E-state index is 14.2. The van der Waals surface area contributed by atoms with E-state index >= 15 is 0 Å². The summed E-state index contributed by atoms with van der Waals surface area (Å²) in [5, 5.41) is 12.8. The van der Waals surface area contributed by atoms with Crippen molar-refractivity contribution in [2.75, 3.05) is 18.0 Å². The van der Waals surface area contributed by atoms with Gasteiger partial charge in [-0.15, -0.1) is 0 Å². The molecule has 1 aromatic heterocycles. The number of imidazole rings is 1. The van der Waals surface area contributed by atoms with Crippen LogP contribution in [-0.2, 0) is 21.5 Å². The third-order valence-corrected chi connectivity index (χ3v) is 8.50. The molecule has 0 saturated carbocycles. The van der Waals surface area contributed by atoms with Gasteiger partial charge in [0.15, 0.2) is 0 Å². The number of carbonyl (C=O) groups excluding carboxylic acids is 3. The van der Waals surface area contributed by atoms with Gasteiger partial charge in [0.1, 0.15) is 17.3 Å². The van der Waals surface area contributed by atoms with Crippen LogP contribution < -0.4 is 10.2 Å². The predicted molar refractivity (Wildman–Crippen MR) is 159 cm³/mol. The summed E-state index contributed by atoms with van der Waals surface area (Å²) in [5.41, 5.74) is 0.200.